The van der Waals surface area contributed by atoms with E-state index < -0.39 is 0 Å². The number of carbonyl (C=O) groups excluding carboxylic acids is 2. The second kappa shape index (κ2) is 5.50. The van der Waals surface area contributed by atoms with Crippen LogP contribution in [0.3, 0.4) is 0 Å². The third kappa shape index (κ3) is 2.80. The molecule has 0 N–H and O–H groups in total. The average Bonchev–Trinajstić information content (AvgIpc) is 3.07. The van der Waals surface area contributed by atoms with Crippen molar-refractivity contribution in [2.75, 3.05) is 26.2 Å². The van der Waals surface area contributed by atoms with Crippen molar-refractivity contribution >= 4 is 11.8 Å². The molecule has 2 heterocycles. The lowest BCUT2D eigenvalue weighted by Crippen LogP contribution is -2.54. The Morgan fingerprint density at radius 1 is 1.38 bits per heavy atom. The van der Waals surface area contributed by atoms with Crippen LogP contribution in [0.2, 0.25) is 0 Å². The Morgan fingerprint density at radius 2 is 2.19 bits per heavy atom. The summed E-state index contributed by atoms with van der Waals surface area (Å²) in [7, 11) is 0. The van der Waals surface area contributed by atoms with Gasteiger partial charge in [0.15, 0.2) is 0 Å². The van der Waals surface area contributed by atoms with Gasteiger partial charge in [0.2, 0.25) is 11.8 Å². The summed E-state index contributed by atoms with van der Waals surface area (Å²) in [6, 6.07) is 0. The third-order valence-corrected chi connectivity index (χ3v) is 4.45. The molecule has 6 heteroatoms. The fourth-order valence-electron chi connectivity index (χ4n) is 3.04. The van der Waals surface area contributed by atoms with E-state index in [0.717, 1.165) is 25.8 Å². The third-order valence-electron chi connectivity index (χ3n) is 4.45. The predicted molar refractivity (Wildman–Crippen MR) is 77.3 cm³/mol. The minimum Gasteiger partial charge on any atom is -0.339 e. The van der Waals surface area contributed by atoms with Crippen LogP contribution >= 0.6 is 0 Å². The molecule has 1 aliphatic carbocycles. The highest BCUT2D eigenvalue weighted by Gasteiger charge is 2.52. The quantitative estimate of drug-likeness (QED) is 0.804. The molecule has 0 unspecified atom stereocenters. The van der Waals surface area contributed by atoms with Crippen LogP contribution in [0.25, 0.3) is 0 Å². The van der Waals surface area contributed by atoms with Gasteiger partial charge in [0.05, 0.1) is 18.3 Å². The molecule has 114 valence electrons. The zero-order chi connectivity index (χ0) is 14.9. The van der Waals surface area contributed by atoms with Gasteiger partial charge in [-0.3, -0.25) is 9.59 Å². The molecule has 0 aromatic carbocycles. The highest BCUT2D eigenvalue weighted by Crippen LogP contribution is 2.48. The van der Waals surface area contributed by atoms with Crippen LogP contribution in [0.5, 0.6) is 0 Å². The van der Waals surface area contributed by atoms with Crippen LogP contribution < -0.4 is 0 Å². The normalized spacial score (nSPS) is 20.7. The van der Waals surface area contributed by atoms with E-state index in [4.69, 9.17) is 0 Å². The molecule has 0 radical (unpaired) electrons. The molecule has 2 amide bonds. The predicted octanol–water partition coefficient (Wildman–Crippen LogP) is 0.744. The Hall–Kier alpha value is -1.85. The van der Waals surface area contributed by atoms with E-state index in [1.54, 1.807) is 17.4 Å². The van der Waals surface area contributed by atoms with Crippen molar-refractivity contribution < 1.29 is 9.59 Å². The molecule has 2 fully saturated rings. The van der Waals surface area contributed by atoms with Gasteiger partial charge in [-0.05, 0) is 19.3 Å². The molecule has 1 aromatic heterocycles. The maximum Gasteiger partial charge on any atom is 0.242 e. The van der Waals surface area contributed by atoms with E-state index in [9.17, 15) is 9.59 Å². The van der Waals surface area contributed by atoms with Crippen LogP contribution in [0.15, 0.2) is 18.7 Å². The van der Waals surface area contributed by atoms with Gasteiger partial charge in [0.1, 0.15) is 0 Å². The van der Waals surface area contributed by atoms with Crippen LogP contribution in [-0.4, -0.2) is 57.3 Å². The number of amides is 2. The summed E-state index contributed by atoms with van der Waals surface area (Å²) in [5.41, 5.74) is -0.298. The number of hydrogen-bond donors (Lipinski definition) is 0. The van der Waals surface area contributed by atoms with Gasteiger partial charge in [0, 0.05) is 38.6 Å². The Morgan fingerprint density at radius 3 is 2.76 bits per heavy atom. The average molecular weight is 290 g/mol. The smallest absolute Gasteiger partial charge is 0.242 e. The largest absolute Gasteiger partial charge is 0.339 e. The molecule has 1 saturated heterocycles. The summed E-state index contributed by atoms with van der Waals surface area (Å²) in [5, 5.41) is 0. The molecule has 0 spiro atoms. The van der Waals surface area contributed by atoms with Gasteiger partial charge in [-0.25, -0.2) is 4.98 Å². The van der Waals surface area contributed by atoms with Crippen molar-refractivity contribution in [2.45, 2.75) is 32.7 Å². The molecule has 21 heavy (non-hydrogen) atoms. The molecule has 1 aromatic rings. The molecule has 0 atom stereocenters. The Kier molecular flexibility index (Phi) is 3.69. The summed E-state index contributed by atoms with van der Waals surface area (Å²) in [6.45, 7) is 5.10. The zero-order valence-electron chi connectivity index (χ0n) is 12.5. The first kappa shape index (κ1) is 14.1. The lowest BCUT2D eigenvalue weighted by molar-refractivity contribution is -0.148. The zero-order valence-corrected chi connectivity index (χ0v) is 12.5. The van der Waals surface area contributed by atoms with Gasteiger partial charge in [0.25, 0.3) is 0 Å². The van der Waals surface area contributed by atoms with Crippen LogP contribution in [0.1, 0.15) is 26.2 Å². The monoisotopic (exact) mass is 290 g/mol. The van der Waals surface area contributed by atoms with Crippen molar-refractivity contribution in [1.29, 1.82) is 0 Å². The van der Waals surface area contributed by atoms with Gasteiger partial charge in [-0.15, -0.1) is 0 Å². The molecule has 6 nitrogen and oxygen atoms in total. The number of piperazine rings is 1. The van der Waals surface area contributed by atoms with Gasteiger partial charge in [-0.2, -0.15) is 0 Å². The van der Waals surface area contributed by atoms with Gasteiger partial charge < -0.3 is 14.4 Å². The number of aromatic nitrogens is 2. The standard InChI is InChI=1S/C15H22N4O2/c1-2-6-18-8-9-19(10-13(18)20)14(21)15(3-4-15)11-17-7-5-16-12-17/h5,7,12H,2-4,6,8-11H2,1H3. The molecule has 1 saturated carbocycles. The summed E-state index contributed by atoms with van der Waals surface area (Å²) < 4.78 is 1.96. The first-order chi connectivity index (χ1) is 10.1. The SMILES string of the molecule is CCCN1CCN(C(=O)C2(Cn3ccnc3)CC2)CC1=O. The molecule has 1 aliphatic heterocycles. The summed E-state index contributed by atoms with van der Waals surface area (Å²) in [6.07, 6.45) is 8.15. The Labute approximate surface area is 124 Å². The highest BCUT2D eigenvalue weighted by molar-refractivity contribution is 5.90. The molecule has 3 rings (SSSR count). The fraction of sp³-hybridized carbons (Fsp3) is 0.667. The van der Waals surface area contributed by atoms with Crippen molar-refractivity contribution in [1.82, 2.24) is 19.4 Å². The molecule has 0 bridgehead atoms. The minimum atomic E-state index is -0.298. The number of hydrogen-bond acceptors (Lipinski definition) is 3. The number of imidazole rings is 1. The maximum atomic E-state index is 12.7. The second-order valence-corrected chi connectivity index (χ2v) is 6.12. The van der Waals surface area contributed by atoms with E-state index in [2.05, 4.69) is 11.9 Å². The van der Waals surface area contributed by atoms with Crippen molar-refractivity contribution in [3.8, 4) is 0 Å². The number of carbonyl (C=O) groups is 2. The Balaban J connectivity index is 1.62. The summed E-state index contributed by atoms with van der Waals surface area (Å²) in [5.74, 6) is 0.218. The van der Waals surface area contributed by atoms with Crippen molar-refractivity contribution in [2.24, 2.45) is 5.41 Å². The van der Waals surface area contributed by atoms with E-state index in [-0.39, 0.29) is 23.8 Å². The number of nitrogens with zero attached hydrogens (tertiary/aromatic N) is 4. The topological polar surface area (TPSA) is 58.4 Å². The van der Waals surface area contributed by atoms with Crippen LogP contribution in [0, 0.1) is 5.41 Å². The van der Waals surface area contributed by atoms with Crippen LogP contribution in [0.4, 0.5) is 0 Å². The lowest BCUT2D eigenvalue weighted by Gasteiger charge is -2.36. The lowest BCUT2D eigenvalue weighted by atomic mass is 10.0. The summed E-state index contributed by atoms with van der Waals surface area (Å²) in [4.78, 5) is 32.5. The minimum absolute atomic E-state index is 0.0786. The first-order valence-corrected chi connectivity index (χ1v) is 7.67. The molecule has 2 aliphatic rings. The van der Waals surface area contributed by atoms with E-state index in [1.165, 1.54) is 0 Å². The van der Waals surface area contributed by atoms with E-state index in [0.29, 0.717) is 19.6 Å². The number of rotatable bonds is 5. The maximum absolute atomic E-state index is 12.7. The van der Waals surface area contributed by atoms with E-state index in [1.807, 2.05) is 15.7 Å². The molecular formula is C15H22N4O2. The van der Waals surface area contributed by atoms with Gasteiger partial charge >= 0.3 is 0 Å². The highest BCUT2D eigenvalue weighted by atomic mass is 16.2. The van der Waals surface area contributed by atoms with Crippen molar-refractivity contribution in [3.63, 3.8) is 0 Å². The molecular weight excluding hydrogens is 268 g/mol. The van der Waals surface area contributed by atoms with Gasteiger partial charge in [-0.1, -0.05) is 6.92 Å². The first-order valence-electron chi connectivity index (χ1n) is 7.67. The fourth-order valence-corrected chi connectivity index (χ4v) is 3.04. The second-order valence-electron chi connectivity index (χ2n) is 6.12. The summed E-state index contributed by atoms with van der Waals surface area (Å²) >= 11 is 0. The van der Waals surface area contributed by atoms with Crippen LogP contribution in [-0.2, 0) is 16.1 Å². The van der Waals surface area contributed by atoms with Crippen molar-refractivity contribution in [3.05, 3.63) is 18.7 Å². The Bertz CT molecular complexity index is 522. The van der Waals surface area contributed by atoms with E-state index >= 15 is 0 Å².